The molecule has 1 aliphatic heterocycles. The number of hydrogen-bond acceptors (Lipinski definition) is 4. The van der Waals surface area contributed by atoms with E-state index in [9.17, 15) is 9.59 Å². The van der Waals surface area contributed by atoms with Gasteiger partial charge in [0, 0.05) is 40.2 Å². The number of hydrogen-bond donors (Lipinski definition) is 2. The standard InChI is InChI=1S/C29H34N2O3/c1-17(2)34-24-14-10-8-12-20(24)26-25(28(33)31-21-13-9-7-11-18(21)3)19(4)30-22-15-29(5,6)16-23(32)27(22)26/h7-14,17,26,30H,15-16H2,1-6H3,(H,31,33)/t26-/m0/s1. The van der Waals surface area contributed by atoms with Gasteiger partial charge in [0.2, 0.25) is 0 Å². The van der Waals surface area contributed by atoms with E-state index in [1.54, 1.807) is 0 Å². The van der Waals surface area contributed by atoms with Gasteiger partial charge in [0.05, 0.1) is 12.0 Å². The number of para-hydroxylation sites is 2. The van der Waals surface area contributed by atoms with Crippen LogP contribution in [-0.4, -0.2) is 17.8 Å². The Morgan fingerprint density at radius 1 is 1.06 bits per heavy atom. The molecule has 178 valence electrons. The summed E-state index contributed by atoms with van der Waals surface area (Å²) in [6.45, 7) is 12.1. The van der Waals surface area contributed by atoms with Crippen molar-refractivity contribution in [1.82, 2.24) is 5.32 Å². The SMILES string of the molecule is CC1=C(C(=O)Nc2ccccc2C)[C@H](c2ccccc2OC(C)C)C2=C(CC(C)(C)CC2=O)N1. The molecule has 1 heterocycles. The first kappa shape index (κ1) is 23.8. The molecule has 0 spiro atoms. The fourth-order valence-corrected chi connectivity index (χ4v) is 5.03. The Bertz CT molecular complexity index is 1200. The lowest BCUT2D eigenvalue weighted by Crippen LogP contribution is -2.39. The van der Waals surface area contributed by atoms with Gasteiger partial charge in [0.1, 0.15) is 5.75 Å². The summed E-state index contributed by atoms with van der Waals surface area (Å²) in [5.41, 5.74) is 5.35. The highest BCUT2D eigenvalue weighted by Crippen LogP contribution is 2.48. The summed E-state index contributed by atoms with van der Waals surface area (Å²) >= 11 is 0. The average Bonchev–Trinajstić information content (AvgIpc) is 2.73. The number of aryl methyl sites for hydroxylation is 1. The van der Waals surface area contributed by atoms with Crippen LogP contribution in [0.5, 0.6) is 5.75 Å². The maximum Gasteiger partial charge on any atom is 0.254 e. The van der Waals surface area contributed by atoms with E-state index in [1.165, 1.54) is 0 Å². The minimum absolute atomic E-state index is 0.0355. The fraction of sp³-hybridized carbons (Fsp3) is 0.379. The molecule has 2 aromatic carbocycles. The first-order valence-corrected chi connectivity index (χ1v) is 11.9. The second-order valence-corrected chi connectivity index (χ2v) is 10.4. The Kier molecular flexibility index (Phi) is 6.39. The summed E-state index contributed by atoms with van der Waals surface area (Å²) in [4.78, 5) is 27.3. The number of anilines is 1. The highest BCUT2D eigenvalue weighted by molar-refractivity contribution is 6.10. The minimum Gasteiger partial charge on any atom is -0.491 e. The van der Waals surface area contributed by atoms with E-state index in [1.807, 2.05) is 76.2 Å². The summed E-state index contributed by atoms with van der Waals surface area (Å²) in [5, 5.41) is 6.52. The molecule has 2 aliphatic rings. The topological polar surface area (TPSA) is 67.4 Å². The lowest BCUT2D eigenvalue weighted by molar-refractivity contribution is -0.118. The Morgan fingerprint density at radius 3 is 2.44 bits per heavy atom. The minimum atomic E-state index is -0.501. The van der Waals surface area contributed by atoms with Gasteiger partial charge in [-0.05, 0) is 57.2 Å². The average molecular weight is 459 g/mol. The van der Waals surface area contributed by atoms with Gasteiger partial charge in [-0.3, -0.25) is 9.59 Å². The molecule has 0 fully saturated rings. The number of carbonyl (C=O) groups excluding carboxylic acids is 2. The zero-order valence-electron chi connectivity index (χ0n) is 20.9. The van der Waals surface area contributed by atoms with Crippen LogP contribution < -0.4 is 15.4 Å². The van der Waals surface area contributed by atoms with E-state index >= 15 is 0 Å². The normalized spacial score (nSPS) is 19.6. The van der Waals surface area contributed by atoms with Crippen molar-refractivity contribution < 1.29 is 14.3 Å². The third-order valence-electron chi connectivity index (χ3n) is 6.47. The van der Waals surface area contributed by atoms with Crippen molar-refractivity contribution in [2.24, 2.45) is 5.41 Å². The lowest BCUT2D eigenvalue weighted by Gasteiger charge is -2.40. The fourth-order valence-electron chi connectivity index (χ4n) is 5.03. The first-order valence-electron chi connectivity index (χ1n) is 11.9. The Labute approximate surface area is 202 Å². The van der Waals surface area contributed by atoms with Crippen molar-refractivity contribution in [2.45, 2.75) is 66.4 Å². The van der Waals surface area contributed by atoms with Crippen molar-refractivity contribution in [1.29, 1.82) is 0 Å². The number of dihydropyridines is 1. The monoisotopic (exact) mass is 458 g/mol. The Hall–Kier alpha value is -3.34. The number of carbonyl (C=O) groups is 2. The van der Waals surface area contributed by atoms with Crippen LogP contribution in [0, 0.1) is 12.3 Å². The van der Waals surface area contributed by atoms with Crippen LogP contribution in [-0.2, 0) is 9.59 Å². The van der Waals surface area contributed by atoms with Gasteiger partial charge < -0.3 is 15.4 Å². The summed E-state index contributed by atoms with van der Waals surface area (Å²) in [6.07, 6.45) is 1.16. The number of amides is 1. The molecule has 0 aromatic heterocycles. The van der Waals surface area contributed by atoms with Gasteiger partial charge >= 0.3 is 0 Å². The van der Waals surface area contributed by atoms with E-state index in [0.717, 1.165) is 34.6 Å². The second kappa shape index (κ2) is 9.13. The van der Waals surface area contributed by atoms with Crippen molar-refractivity contribution in [2.75, 3.05) is 5.32 Å². The van der Waals surface area contributed by atoms with E-state index < -0.39 is 5.92 Å². The molecule has 0 bridgehead atoms. The number of Topliss-reactive ketones (excluding diaryl/α,β-unsaturated/α-hetero) is 1. The highest BCUT2D eigenvalue weighted by Gasteiger charge is 2.43. The molecule has 0 saturated carbocycles. The van der Waals surface area contributed by atoms with Gasteiger partial charge in [0.15, 0.2) is 5.78 Å². The van der Waals surface area contributed by atoms with E-state index in [4.69, 9.17) is 4.74 Å². The van der Waals surface area contributed by atoms with Gasteiger partial charge in [-0.2, -0.15) is 0 Å². The van der Waals surface area contributed by atoms with Crippen molar-refractivity contribution in [3.8, 4) is 5.75 Å². The van der Waals surface area contributed by atoms with Crippen LogP contribution in [0.3, 0.4) is 0 Å². The summed E-state index contributed by atoms with van der Waals surface area (Å²) in [6, 6.07) is 15.5. The maximum absolute atomic E-state index is 13.8. The Balaban J connectivity index is 1.86. The number of ether oxygens (including phenoxy) is 1. The van der Waals surface area contributed by atoms with Gasteiger partial charge in [-0.15, -0.1) is 0 Å². The highest BCUT2D eigenvalue weighted by atomic mass is 16.5. The second-order valence-electron chi connectivity index (χ2n) is 10.4. The van der Waals surface area contributed by atoms with Crippen LogP contribution in [0.25, 0.3) is 0 Å². The van der Waals surface area contributed by atoms with Gasteiger partial charge in [-0.25, -0.2) is 0 Å². The van der Waals surface area contributed by atoms with Crippen LogP contribution in [0.15, 0.2) is 71.1 Å². The van der Waals surface area contributed by atoms with Crippen molar-refractivity contribution >= 4 is 17.4 Å². The van der Waals surface area contributed by atoms with Crippen LogP contribution in [0.1, 0.15) is 64.5 Å². The molecular formula is C29H34N2O3. The predicted octanol–water partition coefficient (Wildman–Crippen LogP) is 6.02. The number of ketones is 1. The molecule has 0 saturated heterocycles. The van der Waals surface area contributed by atoms with E-state index in [-0.39, 0.29) is 23.2 Å². The summed E-state index contributed by atoms with van der Waals surface area (Å²) in [7, 11) is 0. The number of benzene rings is 2. The zero-order chi connectivity index (χ0) is 24.6. The molecule has 34 heavy (non-hydrogen) atoms. The third-order valence-corrected chi connectivity index (χ3v) is 6.47. The third kappa shape index (κ3) is 4.65. The summed E-state index contributed by atoms with van der Waals surface area (Å²) < 4.78 is 6.15. The quantitative estimate of drug-likeness (QED) is 0.574. The Morgan fingerprint density at radius 2 is 1.74 bits per heavy atom. The molecule has 2 aromatic rings. The maximum atomic E-state index is 13.8. The molecule has 1 amide bonds. The number of rotatable bonds is 5. The van der Waals surface area contributed by atoms with Gasteiger partial charge in [0.25, 0.3) is 5.91 Å². The molecule has 1 atom stereocenters. The lowest BCUT2D eigenvalue weighted by atomic mass is 9.68. The zero-order valence-corrected chi connectivity index (χ0v) is 20.9. The molecule has 4 rings (SSSR count). The summed E-state index contributed by atoms with van der Waals surface area (Å²) in [5.74, 6) is 0.0614. The first-order chi connectivity index (χ1) is 16.1. The van der Waals surface area contributed by atoms with Crippen molar-refractivity contribution in [3.05, 3.63) is 82.2 Å². The molecule has 5 nitrogen and oxygen atoms in total. The molecule has 0 radical (unpaired) electrons. The van der Waals surface area contributed by atoms with E-state index in [0.29, 0.717) is 23.3 Å². The van der Waals surface area contributed by atoms with Gasteiger partial charge in [-0.1, -0.05) is 50.2 Å². The molecule has 2 N–H and O–H groups in total. The van der Waals surface area contributed by atoms with Crippen molar-refractivity contribution in [3.63, 3.8) is 0 Å². The molecule has 0 unspecified atom stereocenters. The van der Waals surface area contributed by atoms with Crippen LogP contribution >= 0.6 is 0 Å². The van der Waals surface area contributed by atoms with Crippen LogP contribution in [0.2, 0.25) is 0 Å². The van der Waals surface area contributed by atoms with E-state index in [2.05, 4.69) is 24.5 Å². The largest absolute Gasteiger partial charge is 0.491 e. The number of allylic oxidation sites excluding steroid dienone is 3. The predicted molar refractivity (Wildman–Crippen MR) is 136 cm³/mol. The number of nitrogens with one attached hydrogen (secondary N) is 2. The molecule has 5 heteroatoms. The molecule has 1 aliphatic carbocycles. The molecular weight excluding hydrogens is 424 g/mol. The van der Waals surface area contributed by atoms with Crippen LogP contribution in [0.4, 0.5) is 5.69 Å². The smallest absolute Gasteiger partial charge is 0.254 e.